The summed E-state index contributed by atoms with van der Waals surface area (Å²) in [5, 5.41) is 8.73. The molecule has 24 heavy (non-hydrogen) atoms. The molecule has 0 aromatic heterocycles. The second kappa shape index (κ2) is 9.81. The fourth-order valence-electron chi connectivity index (χ4n) is 2.65. The van der Waals surface area contributed by atoms with Gasteiger partial charge in [0, 0.05) is 32.6 Å². The molecule has 5 nitrogen and oxygen atoms in total. The van der Waals surface area contributed by atoms with Gasteiger partial charge < -0.3 is 10.0 Å². The van der Waals surface area contributed by atoms with E-state index in [0.717, 1.165) is 13.0 Å². The van der Waals surface area contributed by atoms with Gasteiger partial charge in [0.2, 0.25) is 0 Å². The van der Waals surface area contributed by atoms with Crippen LogP contribution in [0.25, 0.3) is 0 Å². The average Bonchev–Trinajstić information content (AvgIpc) is 2.51. The summed E-state index contributed by atoms with van der Waals surface area (Å²) in [6, 6.07) is 4.22. The molecule has 0 radical (unpaired) electrons. The molecular weight excluding hydrogens is 358 g/mol. The van der Waals surface area contributed by atoms with Crippen molar-refractivity contribution in [3.05, 3.63) is 34.6 Å². The number of rotatable bonds is 6. The highest BCUT2D eigenvalue weighted by molar-refractivity contribution is 6.33. The summed E-state index contributed by atoms with van der Waals surface area (Å²) in [5.74, 6) is -1.75. The molecule has 1 aliphatic heterocycles. The van der Waals surface area contributed by atoms with Crippen molar-refractivity contribution >= 4 is 35.9 Å². The van der Waals surface area contributed by atoms with E-state index in [-0.39, 0.29) is 35.3 Å². The SMILES string of the molecule is Cl.O=C(O)CCCCN1CCN(C(=O)c2c(F)cccc2Cl)CC1. The van der Waals surface area contributed by atoms with Crippen molar-refractivity contribution < 1.29 is 19.1 Å². The monoisotopic (exact) mass is 378 g/mol. The first-order chi connectivity index (χ1) is 11.0. The summed E-state index contributed by atoms with van der Waals surface area (Å²) in [4.78, 5) is 26.7. The van der Waals surface area contributed by atoms with Gasteiger partial charge in [-0.2, -0.15) is 0 Å². The molecule has 134 valence electrons. The van der Waals surface area contributed by atoms with Crippen LogP contribution in [0.1, 0.15) is 29.6 Å². The number of carbonyl (C=O) groups excluding carboxylic acids is 1. The van der Waals surface area contributed by atoms with Crippen LogP contribution >= 0.6 is 24.0 Å². The van der Waals surface area contributed by atoms with E-state index in [0.29, 0.717) is 32.6 Å². The molecule has 0 bridgehead atoms. The molecule has 0 atom stereocenters. The Morgan fingerprint density at radius 3 is 2.42 bits per heavy atom. The van der Waals surface area contributed by atoms with Crippen LogP contribution in [0.4, 0.5) is 4.39 Å². The van der Waals surface area contributed by atoms with E-state index in [1.54, 1.807) is 4.90 Å². The lowest BCUT2D eigenvalue weighted by Crippen LogP contribution is -2.49. The molecule has 8 heteroatoms. The molecule has 0 spiro atoms. The highest BCUT2D eigenvalue weighted by Crippen LogP contribution is 2.21. The minimum Gasteiger partial charge on any atom is -0.481 e. The topological polar surface area (TPSA) is 60.9 Å². The summed E-state index contributed by atoms with van der Waals surface area (Å²) < 4.78 is 13.8. The number of carboxylic acid groups (broad SMARTS) is 1. The van der Waals surface area contributed by atoms with Crippen molar-refractivity contribution in [2.75, 3.05) is 32.7 Å². The summed E-state index contributed by atoms with van der Waals surface area (Å²) in [6.45, 7) is 3.25. The van der Waals surface area contributed by atoms with Crippen LogP contribution < -0.4 is 0 Å². The zero-order valence-corrected chi connectivity index (χ0v) is 14.8. The molecular formula is C16H21Cl2FN2O3. The number of benzene rings is 1. The van der Waals surface area contributed by atoms with E-state index >= 15 is 0 Å². The van der Waals surface area contributed by atoms with Crippen molar-refractivity contribution in [1.82, 2.24) is 9.80 Å². The molecule has 1 heterocycles. The van der Waals surface area contributed by atoms with Crippen LogP contribution in [0.3, 0.4) is 0 Å². The second-order valence-corrected chi connectivity index (χ2v) is 5.99. The largest absolute Gasteiger partial charge is 0.481 e. The Morgan fingerprint density at radius 1 is 1.17 bits per heavy atom. The predicted octanol–water partition coefficient (Wildman–Crippen LogP) is 2.91. The molecule has 1 aliphatic rings. The number of piperazine rings is 1. The first kappa shape index (κ1) is 20.7. The van der Waals surface area contributed by atoms with Crippen LogP contribution in [0, 0.1) is 5.82 Å². The predicted molar refractivity (Wildman–Crippen MR) is 92.5 cm³/mol. The smallest absolute Gasteiger partial charge is 0.303 e. The van der Waals surface area contributed by atoms with E-state index in [4.69, 9.17) is 16.7 Å². The molecule has 0 saturated carbocycles. The Balaban J connectivity index is 0.00000288. The molecule has 1 fully saturated rings. The van der Waals surface area contributed by atoms with Crippen molar-refractivity contribution in [1.29, 1.82) is 0 Å². The molecule has 2 rings (SSSR count). The molecule has 0 unspecified atom stereocenters. The van der Waals surface area contributed by atoms with Gasteiger partial charge in [0.15, 0.2) is 0 Å². The van der Waals surface area contributed by atoms with Gasteiger partial charge in [-0.05, 0) is 31.5 Å². The van der Waals surface area contributed by atoms with Crippen molar-refractivity contribution in [2.24, 2.45) is 0 Å². The van der Waals surface area contributed by atoms with E-state index in [1.165, 1.54) is 18.2 Å². The first-order valence-electron chi connectivity index (χ1n) is 7.66. The van der Waals surface area contributed by atoms with Gasteiger partial charge in [0.25, 0.3) is 5.91 Å². The minimum absolute atomic E-state index is 0. The maximum absolute atomic E-state index is 13.8. The molecule has 1 saturated heterocycles. The fraction of sp³-hybridized carbons (Fsp3) is 0.500. The number of nitrogens with zero attached hydrogens (tertiary/aromatic N) is 2. The van der Waals surface area contributed by atoms with Crippen LogP contribution in [-0.4, -0.2) is 59.5 Å². The van der Waals surface area contributed by atoms with E-state index < -0.39 is 11.8 Å². The van der Waals surface area contributed by atoms with Gasteiger partial charge in [-0.1, -0.05) is 17.7 Å². The number of halogens is 3. The number of carbonyl (C=O) groups is 2. The summed E-state index contributed by atoms with van der Waals surface area (Å²) >= 11 is 5.94. The van der Waals surface area contributed by atoms with Gasteiger partial charge in [0.1, 0.15) is 5.82 Å². The number of unbranched alkanes of at least 4 members (excludes halogenated alkanes) is 1. The second-order valence-electron chi connectivity index (χ2n) is 5.58. The highest BCUT2D eigenvalue weighted by atomic mass is 35.5. The lowest BCUT2D eigenvalue weighted by molar-refractivity contribution is -0.137. The molecule has 1 aromatic carbocycles. The number of amides is 1. The van der Waals surface area contributed by atoms with Crippen LogP contribution in [-0.2, 0) is 4.79 Å². The minimum atomic E-state index is -0.776. The van der Waals surface area contributed by atoms with Crippen LogP contribution in [0.2, 0.25) is 5.02 Å². The third-order valence-corrected chi connectivity index (χ3v) is 4.27. The maximum atomic E-state index is 13.8. The van der Waals surface area contributed by atoms with Crippen molar-refractivity contribution in [3.8, 4) is 0 Å². The van der Waals surface area contributed by atoms with E-state index in [9.17, 15) is 14.0 Å². The van der Waals surface area contributed by atoms with Gasteiger partial charge in [-0.3, -0.25) is 14.5 Å². The summed E-state index contributed by atoms with van der Waals surface area (Å²) in [7, 11) is 0. The summed E-state index contributed by atoms with van der Waals surface area (Å²) in [5.41, 5.74) is -0.0657. The lowest BCUT2D eigenvalue weighted by Gasteiger charge is -2.35. The molecule has 1 N–H and O–H groups in total. The Hall–Kier alpha value is -1.37. The quantitative estimate of drug-likeness (QED) is 0.773. The van der Waals surface area contributed by atoms with Gasteiger partial charge in [-0.15, -0.1) is 12.4 Å². The van der Waals surface area contributed by atoms with Gasteiger partial charge in [0.05, 0.1) is 10.6 Å². The van der Waals surface area contributed by atoms with Gasteiger partial charge >= 0.3 is 5.97 Å². The maximum Gasteiger partial charge on any atom is 0.303 e. The Bertz CT molecular complexity index is 558. The Kier molecular flexibility index (Phi) is 8.45. The van der Waals surface area contributed by atoms with Crippen molar-refractivity contribution in [2.45, 2.75) is 19.3 Å². The Labute approximate surface area is 151 Å². The average molecular weight is 379 g/mol. The molecule has 1 aromatic rings. The lowest BCUT2D eigenvalue weighted by atomic mass is 10.1. The first-order valence-corrected chi connectivity index (χ1v) is 8.04. The number of carboxylic acids is 1. The third kappa shape index (κ3) is 5.61. The zero-order chi connectivity index (χ0) is 16.8. The molecule has 0 aliphatic carbocycles. The number of hydrogen-bond acceptors (Lipinski definition) is 3. The number of hydrogen-bond donors (Lipinski definition) is 1. The van der Waals surface area contributed by atoms with Crippen LogP contribution in [0.5, 0.6) is 0 Å². The highest BCUT2D eigenvalue weighted by Gasteiger charge is 2.25. The standard InChI is InChI=1S/C16H20ClFN2O3.ClH/c17-12-4-3-5-13(18)15(12)16(23)20-10-8-19(9-11-20)7-2-1-6-14(21)22;/h3-5H,1-2,6-11H2,(H,21,22);1H. The Morgan fingerprint density at radius 2 is 1.83 bits per heavy atom. The normalized spacial score (nSPS) is 15.0. The van der Waals surface area contributed by atoms with Crippen molar-refractivity contribution in [3.63, 3.8) is 0 Å². The van der Waals surface area contributed by atoms with E-state index in [1.807, 2.05) is 0 Å². The number of aliphatic carboxylic acids is 1. The zero-order valence-electron chi connectivity index (χ0n) is 13.2. The van der Waals surface area contributed by atoms with Gasteiger partial charge in [-0.25, -0.2) is 4.39 Å². The molecule has 1 amide bonds. The fourth-order valence-corrected chi connectivity index (χ4v) is 2.89. The van der Waals surface area contributed by atoms with Crippen LogP contribution in [0.15, 0.2) is 18.2 Å². The summed E-state index contributed by atoms with van der Waals surface area (Å²) in [6.07, 6.45) is 1.66. The van der Waals surface area contributed by atoms with E-state index in [2.05, 4.69) is 4.90 Å². The third-order valence-electron chi connectivity index (χ3n) is 3.95.